The normalized spacial score (nSPS) is 11.2. The van der Waals surface area contributed by atoms with Crippen LogP contribution in [-0.2, 0) is 4.79 Å². The Morgan fingerprint density at radius 1 is 1.11 bits per heavy atom. The number of amides is 2. The SMILES string of the molecule is CCNC(=NCC(=O)NC(C)(C)C)NCCNC(=O)c1cccc(Br)c1.I. The van der Waals surface area contributed by atoms with Gasteiger partial charge in [-0.05, 0) is 45.9 Å². The van der Waals surface area contributed by atoms with Crippen LogP contribution >= 0.6 is 39.9 Å². The third-order valence-corrected chi connectivity index (χ3v) is 3.52. The summed E-state index contributed by atoms with van der Waals surface area (Å²) in [5.74, 6) is 0.255. The predicted octanol–water partition coefficient (Wildman–Crippen LogP) is 2.27. The van der Waals surface area contributed by atoms with Gasteiger partial charge < -0.3 is 21.3 Å². The van der Waals surface area contributed by atoms with Gasteiger partial charge in [-0.3, -0.25) is 9.59 Å². The summed E-state index contributed by atoms with van der Waals surface area (Å²) in [4.78, 5) is 28.1. The first-order chi connectivity index (χ1) is 12.2. The predicted molar refractivity (Wildman–Crippen MR) is 124 cm³/mol. The fourth-order valence-corrected chi connectivity index (χ4v) is 2.44. The second-order valence-corrected chi connectivity index (χ2v) is 7.60. The zero-order valence-corrected chi connectivity index (χ0v) is 20.1. The van der Waals surface area contributed by atoms with E-state index in [-0.39, 0.29) is 47.9 Å². The molecular weight excluding hydrogens is 525 g/mol. The average molecular weight is 554 g/mol. The lowest BCUT2D eigenvalue weighted by atomic mass is 10.1. The van der Waals surface area contributed by atoms with Crippen LogP contribution in [0.2, 0.25) is 0 Å². The summed E-state index contributed by atoms with van der Waals surface area (Å²) in [5, 5.41) is 11.9. The van der Waals surface area contributed by atoms with Crippen molar-refractivity contribution in [1.29, 1.82) is 0 Å². The van der Waals surface area contributed by atoms with Crippen LogP contribution in [0.4, 0.5) is 0 Å². The number of nitrogens with one attached hydrogen (secondary N) is 4. The van der Waals surface area contributed by atoms with Gasteiger partial charge in [-0.25, -0.2) is 4.99 Å². The number of carbonyl (C=O) groups is 2. The van der Waals surface area contributed by atoms with Gasteiger partial charge in [0.05, 0.1) is 0 Å². The third kappa shape index (κ3) is 11.9. The molecule has 9 heteroatoms. The number of hydrogen-bond acceptors (Lipinski definition) is 3. The molecule has 27 heavy (non-hydrogen) atoms. The molecule has 1 aromatic rings. The summed E-state index contributed by atoms with van der Waals surface area (Å²) in [7, 11) is 0. The van der Waals surface area contributed by atoms with Gasteiger partial charge in [0, 0.05) is 35.2 Å². The van der Waals surface area contributed by atoms with E-state index in [2.05, 4.69) is 42.2 Å². The number of hydrogen-bond donors (Lipinski definition) is 4. The minimum Gasteiger partial charge on any atom is -0.357 e. The fraction of sp³-hybridized carbons (Fsp3) is 0.500. The Kier molecular flexibility index (Phi) is 12.3. The van der Waals surface area contributed by atoms with Gasteiger partial charge in [-0.2, -0.15) is 0 Å². The Balaban J connectivity index is 0.00000676. The minimum atomic E-state index is -0.283. The van der Waals surface area contributed by atoms with Crippen LogP contribution < -0.4 is 21.3 Å². The summed E-state index contributed by atoms with van der Waals surface area (Å²) in [5.41, 5.74) is 0.313. The summed E-state index contributed by atoms with van der Waals surface area (Å²) < 4.78 is 0.860. The molecule has 152 valence electrons. The van der Waals surface area contributed by atoms with Gasteiger partial charge in [0.15, 0.2) is 5.96 Å². The zero-order chi connectivity index (χ0) is 19.6. The van der Waals surface area contributed by atoms with Crippen molar-refractivity contribution in [2.45, 2.75) is 33.2 Å². The number of guanidine groups is 1. The largest absolute Gasteiger partial charge is 0.357 e. The van der Waals surface area contributed by atoms with E-state index in [4.69, 9.17) is 0 Å². The van der Waals surface area contributed by atoms with E-state index in [1.165, 1.54) is 0 Å². The molecule has 0 aliphatic rings. The number of carbonyl (C=O) groups excluding carboxylic acids is 2. The smallest absolute Gasteiger partial charge is 0.251 e. The summed E-state index contributed by atoms with van der Waals surface area (Å²) in [6, 6.07) is 7.21. The fourth-order valence-electron chi connectivity index (χ4n) is 2.04. The molecule has 0 aliphatic heterocycles. The highest BCUT2D eigenvalue weighted by Gasteiger charge is 2.13. The third-order valence-electron chi connectivity index (χ3n) is 3.03. The zero-order valence-electron chi connectivity index (χ0n) is 16.2. The van der Waals surface area contributed by atoms with Crippen molar-refractivity contribution in [3.63, 3.8) is 0 Å². The molecule has 0 aromatic heterocycles. The highest BCUT2D eigenvalue weighted by Crippen LogP contribution is 2.11. The maximum Gasteiger partial charge on any atom is 0.251 e. The van der Waals surface area contributed by atoms with Crippen LogP contribution in [0.5, 0.6) is 0 Å². The van der Waals surface area contributed by atoms with E-state index < -0.39 is 0 Å². The van der Waals surface area contributed by atoms with Crippen molar-refractivity contribution in [2.75, 3.05) is 26.2 Å². The first-order valence-electron chi connectivity index (χ1n) is 8.58. The van der Waals surface area contributed by atoms with E-state index in [1.54, 1.807) is 12.1 Å². The van der Waals surface area contributed by atoms with Gasteiger partial charge >= 0.3 is 0 Å². The Labute approximate surface area is 186 Å². The summed E-state index contributed by atoms with van der Waals surface area (Å²) >= 11 is 3.35. The number of benzene rings is 1. The van der Waals surface area contributed by atoms with Crippen LogP contribution in [0.15, 0.2) is 33.7 Å². The molecule has 0 aliphatic carbocycles. The Bertz CT molecular complexity index is 647. The van der Waals surface area contributed by atoms with Crippen molar-refractivity contribution in [2.24, 2.45) is 4.99 Å². The van der Waals surface area contributed by atoms with E-state index in [0.717, 1.165) is 4.47 Å². The molecule has 0 saturated carbocycles. The molecule has 1 rings (SSSR count). The van der Waals surface area contributed by atoms with Gasteiger partial charge in [0.2, 0.25) is 5.91 Å². The van der Waals surface area contributed by atoms with Crippen molar-refractivity contribution in [3.8, 4) is 0 Å². The molecule has 4 N–H and O–H groups in total. The van der Waals surface area contributed by atoms with E-state index in [0.29, 0.717) is 31.2 Å². The molecule has 0 bridgehead atoms. The minimum absolute atomic E-state index is 0. The Hall–Kier alpha value is -1.36. The monoisotopic (exact) mass is 553 g/mol. The molecule has 1 aromatic carbocycles. The summed E-state index contributed by atoms with van der Waals surface area (Å²) in [6.07, 6.45) is 0. The molecule has 7 nitrogen and oxygen atoms in total. The van der Waals surface area contributed by atoms with Crippen molar-refractivity contribution < 1.29 is 9.59 Å². The average Bonchev–Trinajstić information content (AvgIpc) is 2.54. The lowest BCUT2D eigenvalue weighted by molar-refractivity contribution is -0.121. The molecular formula is C18H29BrIN5O2. The van der Waals surface area contributed by atoms with Crippen molar-refractivity contribution >= 4 is 57.7 Å². The van der Waals surface area contributed by atoms with Gasteiger partial charge in [-0.1, -0.05) is 22.0 Å². The first kappa shape index (κ1) is 25.6. The first-order valence-corrected chi connectivity index (χ1v) is 9.37. The maximum atomic E-state index is 12.1. The number of nitrogens with zero attached hydrogens (tertiary/aromatic N) is 1. The molecule has 0 unspecified atom stereocenters. The van der Waals surface area contributed by atoms with E-state index in [9.17, 15) is 9.59 Å². The van der Waals surface area contributed by atoms with Crippen LogP contribution in [0.1, 0.15) is 38.1 Å². The molecule has 2 amide bonds. The number of aliphatic imine (C=N–C) groups is 1. The number of rotatable bonds is 7. The highest BCUT2D eigenvalue weighted by atomic mass is 127. The van der Waals surface area contributed by atoms with Gasteiger partial charge in [-0.15, -0.1) is 24.0 Å². The van der Waals surface area contributed by atoms with Gasteiger partial charge in [0.25, 0.3) is 5.91 Å². The van der Waals surface area contributed by atoms with Crippen LogP contribution in [-0.4, -0.2) is 49.5 Å². The van der Waals surface area contributed by atoms with Crippen LogP contribution in [0, 0.1) is 0 Å². The Morgan fingerprint density at radius 2 is 1.78 bits per heavy atom. The second-order valence-electron chi connectivity index (χ2n) is 6.69. The lowest BCUT2D eigenvalue weighted by Crippen LogP contribution is -2.44. The molecule has 0 fully saturated rings. The van der Waals surface area contributed by atoms with Crippen molar-refractivity contribution in [3.05, 3.63) is 34.3 Å². The summed E-state index contributed by atoms with van der Waals surface area (Å²) in [6.45, 7) is 9.36. The lowest BCUT2D eigenvalue weighted by Gasteiger charge is -2.20. The second kappa shape index (κ2) is 12.9. The van der Waals surface area contributed by atoms with E-state index >= 15 is 0 Å². The molecule has 0 saturated heterocycles. The van der Waals surface area contributed by atoms with Crippen molar-refractivity contribution in [1.82, 2.24) is 21.3 Å². The molecule has 0 heterocycles. The molecule has 0 radical (unpaired) electrons. The van der Waals surface area contributed by atoms with Crippen LogP contribution in [0.25, 0.3) is 0 Å². The Morgan fingerprint density at radius 3 is 2.37 bits per heavy atom. The highest BCUT2D eigenvalue weighted by molar-refractivity contribution is 14.0. The van der Waals surface area contributed by atoms with Crippen LogP contribution in [0.3, 0.4) is 0 Å². The molecule has 0 atom stereocenters. The standard InChI is InChI=1S/C18H28BrN5O2.HI/c1-5-20-17(23-12-15(25)24-18(2,3)4)22-10-9-21-16(26)13-7-6-8-14(19)11-13;/h6-8,11H,5,9-10,12H2,1-4H3,(H,21,26)(H,24,25)(H2,20,22,23);1H. The molecule has 0 spiro atoms. The topological polar surface area (TPSA) is 94.6 Å². The van der Waals surface area contributed by atoms with E-state index in [1.807, 2.05) is 39.8 Å². The van der Waals surface area contributed by atoms with Gasteiger partial charge in [0.1, 0.15) is 6.54 Å². The maximum absolute atomic E-state index is 12.1. The quantitative estimate of drug-likeness (QED) is 0.180. The number of halogens is 2.